The normalized spacial score (nSPS) is 10.4. The number of halogens is 3. The second kappa shape index (κ2) is 3.28. The van der Waals surface area contributed by atoms with Crippen molar-refractivity contribution in [2.24, 2.45) is 0 Å². The molecular weight excluding hydrogens is 246 g/mol. The van der Waals surface area contributed by atoms with Crippen LogP contribution in [0.1, 0.15) is 5.56 Å². The number of hydrogen-bond donors (Lipinski definition) is 0. The number of nitriles is 1. The third-order valence-corrected chi connectivity index (χ3v) is 2.50. The summed E-state index contributed by atoms with van der Waals surface area (Å²) in [5, 5.41) is 13.0. The molecule has 0 fully saturated rings. The third-order valence-electron chi connectivity index (χ3n) is 1.62. The maximum absolute atomic E-state index is 8.73. The van der Waals surface area contributed by atoms with Crippen molar-refractivity contribution in [3.05, 3.63) is 27.1 Å². The van der Waals surface area contributed by atoms with Crippen LogP contribution in [0.5, 0.6) is 0 Å². The molecule has 0 unspecified atom stereocenters. The fraction of sp³-hybridized carbons (Fsp3) is 0. The molecule has 0 amide bonds. The predicted octanol–water partition coefficient (Wildman–Crippen LogP) is 2.56. The van der Waals surface area contributed by atoms with Crippen LogP contribution in [-0.2, 0) is 0 Å². The van der Waals surface area contributed by atoms with Crippen molar-refractivity contribution in [2.45, 2.75) is 0 Å². The highest BCUT2D eigenvalue weighted by molar-refractivity contribution is 6.37. The first kappa shape index (κ1) is 9.53. The molecule has 4 nitrogen and oxygen atoms in total. The van der Waals surface area contributed by atoms with Crippen molar-refractivity contribution >= 4 is 40.4 Å². The Morgan fingerprint density at radius 2 is 2.07 bits per heavy atom. The Labute approximate surface area is 93.6 Å². The van der Waals surface area contributed by atoms with Gasteiger partial charge in [0.2, 0.25) is 0 Å². The summed E-state index contributed by atoms with van der Waals surface area (Å²) in [6, 6.07) is 1.83. The van der Waals surface area contributed by atoms with Gasteiger partial charge in [0.05, 0.1) is 6.20 Å². The van der Waals surface area contributed by atoms with E-state index >= 15 is 0 Å². The Morgan fingerprint density at radius 1 is 1.36 bits per heavy atom. The number of aromatic nitrogens is 3. The smallest absolute Gasteiger partial charge is 0.177 e. The van der Waals surface area contributed by atoms with Crippen LogP contribution in [0.4, 0.5) is 0 Å². The minimum atomic E-state index is 0.0207. The van der Waals surface area contributed by atoms with E-state index in [-0.39, 0.29) is 15.9 Å². The first-order valence-electron chi connectivity index (χ1n) is 3.43. The van der Waals surface area contributed by atoms with E-state index in [0.717, 1.165) is 0 Å². The highest BCUT2D eigenvalue weighted by atomic mass is 35.5. The summed E-state index contributed by atoms with van der Waals surface area (Å²) in [4.78, 5) is 3.89. The van der Waals surface area contributed by atoms with Gasteiger partial charge in [0.1, 0.15) is 16.7 Å². The summed E-state index contributed by atoms with van der Waals surface area (Å²) in [6.07, 6.45) is 1.38. The highest BCUT2D eigenvalue weighted by Gasteiger charge is 2.14. The van der Waals surface area contributed by atoms with Crippen molar-refractivity contribution in [3.8, 4) is 6.07 Å². The van der Waals surface area contributed by atoms with Crippen LogP contribution in [0.2, 0.25) is 15.3 Å². The summed E-state index contributed by atoms with van der Waals surface area (Å²) in [5.74, 6) is 0. The van der Waals surface area contributed by atoms with Crippen LogP contribution in [-0.4, -0.2) is 14.6 Å². The Balaban J connectivity index is 2.96. The zero-order valence-electron chi connectivity index (χ0n) is 6.50. The number of nitrogens with zero attached hydrogens (tertiary/aromatic N) is 4. The van der Waals surface area contributed by atoms with Gasteiger partial charge in [0.25, 0.3) is 0 Å². The number of fused-ring (bicyclic) bond motifs is 1. The van der Waals surface area contributed by atoms with E-state index in [1.54, 1.807) is 0 Å². The molecule has 0 N–H and O–H groups in total. The van der Waals surface area contributed by atoms with Crippen LogP contribution in [0, 0.1) is 11.3 Å². The molecule has 2 aromatic rings. The van der Waals surface area contributed by atoms with Crippen molar-refractivity contribution in [1.82, 2.24) is 14.6 Å². The molecule has 0 aliphatic rings. The molecule has 0 spiro atoms. The zero-order valence-corrected chi connectivity index (χ0v) is 8.77. The van der Waals surface area contributed by atoms with E-state index in [9.17, 15) is 0 Å². The Hall–Kier alpha value is -1.02. The maximum atomic E-state index is 8.73. The van der Waals surface area contributed by atoms with E-state index in [4.69, 9.17) is 40.1 Å². The summed E-state index contributed by atoms with van der Waals surface area (Å²) >= 11 is 17.3. The Morgan fingerprint density at radius 3 is 2.71 bits per heavy atom. The molecule has 0 bridgehead atoms. The van der Waals surface area contributed by atoms with Crippen molar-refractivity contribution in [1.29, 1.82) is 5.26 Å². The molecule has 70 valence electrons. The van der Waals surface area contributed by atoms with Crippen molar-refractivity contribution in [3.63, 3.8) is 0 Å². The summed E-state index contributed by atoms with van der Waals surface area (Å²) < 4.78 is 1.26. The molecule has 14 heavy (non-hydrogen) atoms. The average Bonchev–Trinajstić information content (AvgIpc) is 2.49. The summed E-state index contributed by atoms with van der Waals surface area (Å²) in [5.41, 5.74) is 0.418. The quantitative estimate of drug-likeness (QED) is 0.672. The van der Waals surface area contributed by atoms with E-state index < -0.39 is 0 Å². The van der Waals surface area contributed by atoms with Crippen molar-refractivity contribution in [2.75, 3.05) is 0 Å². The lowest BCUT2D eigenvalue weighted by Gasteiger charge is -2.00. The van der Waals surface area contributed by atoms with Crippen LogP contribution >= 0.6 is 34.8 Å². The SMILES string of the molecule is N#Cc1c(Cl)nc2c(Cl)cnn2c1Cl. The molecule has 0 aliphatic heterocycles. The third kappa shape index (κ3) is 1.22. The van der Waals surface area contributed by atoms with Gasteiger partial charge in [0, 0.05) is 0 Å². The van der Waals surface area contributed by atoms with Gasteiger partial charge in [-0.05, 0) is 0 Å². The van der Waals surface area contributed by atoms with E-state index in [0.29, 0.717) is 10.7 Å². The standard InChI is InChI=1S/C7HCl3N4/c8-4-2-12-14-6(10)3(1-11)5(9)13-7(4)14/h2H. The fourth-order valence-electron chi connectivity index (χ4n) is 0.999. The molecule has 0 atom stereocenters. The second-order valence-electron chi connectivity index (χ2n) is 2.41. The molecule has 0 radical (unpaired) electrons. The van der Waals surface area contributed by atoms with Crippen molar-refractivity contribution < 1.29 is 0 Å². The van der Waals surface area contributed by atoms with Gasteiger partial charge >= 0.3 is 0 Å². The minimum absolute atomic E-state index is 0.0207. The van der Waals surface area contributed by atoms with E-state index in [1.807, 2.05) is 6.07 Å². The fourth-order valence-corrected chi connectivity index (χ4v) is 1.68. The molecule has 2 rings (SSSR count). The lowest BCUT2D eigenvalue weighted by Crippen LogP contribution is -1.96. The largest absolute Gasteiger partial charge is 0.214 e. The molecule has 2 heterocycles. The van der Waals surface area contributed by atoms with Crippen LogP contribution in [0.3, 0.4) is 0 Å². The molecule has 7 heteroatoms. The maximum Gasteiger partial charge on any atom is 0.177 e. The minimum Gasteiger partial charge on any atom is -0.214 e. The van der Waals surface area contributed by atoms with Gasteiger partial charge in [-0.1, -0.05) is 34.8 Å². The van der Waals surface area contributed by atoms with Crippen LogP contribution in [0.25, 0.3) is 5.65 Å². The summed E-state index contributed by atoms with van der Waals surface area (Å²) in [7, 11) is 0. The lowest BCUT2D eigenvalue weighted by atomic mass is 10.4. The first-order valence-corrected chi connectivity index (χ1v) is 4.57. The molecular formula is C7HCl3N4. The Bertz CT molecular complexity index is 554. The van der Waals surface area contributed by atoms with Gasteiger partial charge in [-0.2, -0.15) is 10.4 Å². The molecule has 0 aliphatic carbocycles. The molecule has 0 saturated carbocycles. The molecule has 2 aromatic heterocycles. The van der Waals surface area contributed by atoms with Gasteiger partial charge in [-0.3, -0.25) is 0 Å². The summed E-state index contributed by atoms with van der Waals surface area (Å²) in [6.45, 7) is 0. The number of hydrogen-bond acceptors (Lipinski definition) is 3. The zero-order chi connectivity index (χ0) is 10.3. The predicted molar refractivity (Wildman–Crippen MR) is 52.7 cm³/mol. The molecule has 0 aromatic carbocycles. The number of rotatable bonds is 0. The highest BCUT2D eigenvalue weighted by Crippen LogP contribution is 2.26. The van der Waals surface area contributed by atoms with Gasteiger partial charge < -0.3 is 0 Å². The monoisotopic (exact) mass is 246 g/mol. The van der Waals surface area contributed by atoms with Gasteiger partial charge in [0.15, 0.2) is 16.0 Å². The Kier molecular flexibility index (Phi) is 2.23. The molecule has 0 saturated heterocycles. The topological polar surface area (TPSA) is 54.0 Å². The first-order chi connectivity index (χ1) is 6.65. The van der Waals surface area contributed by atoms with E-state index in [1.165, 1.54) is 10.7 Å². The van der Waals surface area contributed by atoms with Gasteiger partial charge in [-0.25, -0.2) is 9.50 Å². The van der Waals surface area contributed by atoms with Crippen LogP contribution < -0.4 is 0 Å². The second-order valence-corrected chi connectivity index (χ2v) is 3.53. The lowest BCUT2D eigenvalue weighted by molar-refractivity contribution is 0.936. The van der Waals surface area contributed by atoms with E-state index in [2.05, 4.69) is 10.1 Å². The van der Waals surface area contributed by atoms with Gasteiger partial charge in [-0.15, -0.1) is 0 Å². The average molecular weight is 247 g/mol. The van der Waals surface area contributed by atoms with Crippen LogP contribution in [0.15, 0.2) is 6.20 Å².